The first kappa shape index (κ1) is 23.2. The van der Waals surface area contributed by atoms with E-state index in [9.17, 15) is 8.42 Å². The van der Waals surface area contributed by atoms with Crippen LogP contribution in [-0.4, -0.2) is 39.0 Å². The van der Waals surface area contributed by atoms with Crippen molar-refractivity contribution in [2.75, 3.05) is 6.26 Å². The van der Waals surface area contributed by atoms with Crippen molar-refractivity contribution < 1.29 is 22.1 Å². The maximum Gasteiger partial charge on any atom is 0.264 e. The Bertz CT molecular complexity index is 981. The van der Waals surface area contributed by atoms with Gasteiger partial charge in [-0.1, -0.05) is 72.7 Å². The zero-order chi connectivity index (χ0) is 22.3. The molecule has 0 aliphatic heterocycles. The first-order valence-corrected chi connectivity index (χ1v) is 11.9. The van der Waals surface area contributed by atoms with Crippen LogP contribution in [-0.2, 0) is 37.0 Å². The van der Waals surface area contributed by atoms with E-state index >= 15 is 0 Å². The van der Waals surface area contributed by atoms with Crippen molar-refractivity contribution in [3.63, 3.8) is 0 Å². The molecule has 2 aromatic rings. The average Bonchev–Trinajstić information content (AvgIpc) is 2.74. The summed E-state index contributed by atoms with van der Waals surface area (Å²) in [6.07, 6.45) is -0.715. The monoisotopic (exact) mass is 445 g/mol. The van der Waals surface area contributed by atoms with Gasteiger partial charge in [0.1, 0.15) is 12.2 Å². The SMILES string of the molecule is C[C@H]1C[C@H](N=[N+]=[N-])[C@H](OCc2ccccc2)[C@@H](OCc2ccccc2)[C@@H]1OS(C)(=O)=O. The first-order chi connectivity index (χ1) is 14.9. The van der Waals surface area contributed by atoms with Gasteiger partial charge >= 0.3 is 0 Å². The van der Waals surface area contributed by atoms with Gasteiger partial charge in [0.15, 0.2) is 0 Å². The minimum atomic E-state index is -3.73. The molecule has 0 saturated heterocycles. The Morgan fingerprint density at radius 2 is 1.45 bits per heavy atom. The molecule has 5 atom stereocenters. The molecule has 166 valence electrons. The predicted molar refractivity (Wildman–Crippen MR) is 116 cm³/mol. The molecule has 0 amide bonds. The van der Waals surface area contributed by atoms with Crippen LogP contribution in [0.4, 0.5) is 0 Å². The highest BCUT2D eigenvalue weighted by Crippen LogP contribution is 2.35. The van der Waals surface area contributed by atoms with Gasteiger partial charge in [-0.2, -0.15) is 8.42 Å². The van der Waals surface area contributed by atoms with E-state index < -0.39 is 34.5 Å². The van der Waals surface area contributed by atoms with Crippen molar-refractivity contribution >= 4 is 10.1 Å². The van der Waals surface area contributed by atoms with E-state index in [0.29, 0.717) is 6.42 Å². The van der Waals surface area contributed by atoms with Crippen LogP contribution in [0.3, 0.4) is 0 Å². The van der Waals surface area contributed by atoms with Crippen molar-refractivity contribution in [2.24, 2.45) is 11.0 Å². The van der Waals surface area contributed by atoms with Crippen LogP contribution in [0.15, 0.2) is 65.8 Å². The number of azide groups is 1. The Hall–Kier alpha value is -2.42. The molecule has 1 fully saturated rings. The van der Waals surface area contributed by atoms with E-state index in [0.717, 1.165) is 17.4 Å². The van der Waals surface area contributed by atoms with Gasteiger partial charge in [-0.15, -0.1) is 0 Å². The Balaban J connectivity index is 1.88. The number of benzene rings is 2. The highest BCUT2D eigenvalue weighted by atomic mass is 32.2. The Labute approximate surface area is 182 Å². The number of nitrogens with zero attached hydrogens (tertiary/aromatic N) is 3. The average molecular weight is 446 g/mol. The molecular weight excluding hydrogens is 418 g/mol. The molecule has 2 aromatic carbocycles. The van der Waals surface area contributed by atoms with E-state index in [4.69, 9.17) is 19.2 Å². The fraction of sp³-hybridized carbons (Fsp3) is 0.455. The third kappa shape index (κ3) is 6.78. The van der Waals surface area contributed by atoms with E-state index in [1.54, 1.807) is 0 Å². The standard InChI is InChI=1S/C22H27N3O5S/c1-16-13-19(24-25-23)21(28-14-17-9-5-3-6-10-17)22(20(16)30-31(2,26)27)29-15-18-11-7-4-8-12-18/h3-12,16,19-22H,13-15H2,1-2H3/t16-,19-,20+,21-,22-/m0/s1. The molecule has 1 aliphatic carbocycles. The number of hydrogen-bond donors (Lipinski definition) is 0. The van der Waals surface area contributed by atoms with Crippen molar-refractivity contribution in [1.82, 2.24) is 0 Å². The quantitative estimate of drug-likeness (QED) is 0.248. The lowest BCUT2D eigenvalue weighted by atomic mass is 9.80. The molecule has 0 bridgehead atoms. The molecule has 8 nitrogen and oxygen atoms in total. The summed E-state index contributed by atoms with van der Waals surface area (Å²) in [5.74, 6) is -0.220. The fourth-order valence-corrected chi connectivity index (χ4v) is 4.54. The second kappa shape index (κ2) is 10.7. The number of rotatable bonds is 9. The Morgan fingerprint density at radius 1 is 0.935 bits per heavy atom. The summed E-state index contributed by atoms with van der Waals surface area (Å²) in [5, 5.41) is 3.93. The zero-order valence-electron chi connectivity index (χ0n) is 17.6. The molecule has 0 aromatic heterocycles. The van der Waals surface area contributed by atoms with Crippen LogP contribution < -0.4 is 0 Å². The lowest BCUT2D eigenvalue weighted by Gasteiger charge is -2.43. The van der Waals surface area contributed by atoms with E-state index in [1.165, 1.54) is 0 Å². The number of ether oxygens (including phenoxy) is 2. The van der Waals surface area contributed by atoms with Gasteiger partial charge in [-0.05, 0) is 29.0 Å². The Morgan fingerprint density at radius 3 is 1.94 bits per heavy atom. The van der Waals surface area contributed by atoms with Gasteiger partial charge in [0, 0.05) is 4.91 Å². The van der Waals surface area contributed by atoms with Gasteiger partial charge in [0.05, 0.1) is 31.6 Å². The summed E-state index contributed by atoms with van der Waals surface area (Å²) >= 11 is 0. The minimum Gasteiger partial charge on any atom is -0.370 e. The van der Waals surface area contributed by atoms with Gasteiger partial charge in [-0.3, -0.25) is 4.18 Å². The van der Waals surface area contributed by atoms with Crippen LogP contribution in [0.25, 0.3) is 10.4 Å². The number of hydrogen-bond acceptors (Lipinski definition) is 6. The minimum absolute atomic E-state index is 0.220. The summed E-state index contributed by atoms with van der Waals surface area (Å²) in [5.41, 5.74) is 11.0. The topological polar surface area (TPSA) is 111 Å². The van der Waals surface area contributed by atoms with Crippen molar-refractivity contribution in [2.45, 2.75) is 50.9 Å². The largest absolute Gasteiger partial charge is 0.370 e. The smallest absolute Gasteiger partial charge is 0.264 e. The van der Waals surface area contributed by atoms with Crippen molar-refractivity contribution in [3.05, 3.63) is 82.2 Å². The molecule has 1 aliphatic rings. The summed E-state index contributed by atoms with van der Waals surface area (Å²) in [4.78, 5) is 2.98. The van der Waals surface area contributed by atoms with E-state index in [2.05, 4.69) is 10.0 Å². The molecule has 0 radical (unpaired) electrons. The molecule has 0 unspecified atom stereocenters. The maximum absolute atomic E-state index is 12.0. The van der Waals surface area contributed by atoms with Crippen molar-refractivity contribution in [3.8, 4) is 0 Å². The van der Waals surface area contributed by atoms with E-state index in [-0.39, 0.29) is 19.1 Å². The van der Waals surface area contributed by atoms with Crippen LogP contribution in [0.5, 0.6) is 0 Å². The summed E-state index contributed by atoms with van der Waals surface area (Å²) < 4.78 is 41.7. The molecule has 1 saturated carbocycles. The Kier molecular flexibility index (Phi) is 8.06. The lowest BCUT2D eigenvalue weighted by molar-refractivity contribution is -0.163. The first-order valence-electron chi connectivity index (χ1n) is 10.1. The summed E-state index contributed by atoms with van der Waals surface area (Å²) in [7, 11) is -3.73. The second-order valence-corrected chi connectivity index (χ2v) is 9.37. The molecule has 0 N–H and O–H groups in total. The van der Waals surface area contributed by atoms with E-state index in [1.807, 2.05) is 67.6 Å². The maximum atomic E-state index is 12.0. The molecule has 31 heavy (non-hydrogen) atoms. The summed E-state index contributed by atoms with van der Waals surface area (Å²) in [6.45, 7) is 2.38. The van der Waals surface area contributed by atoms with Crippen LogP contribution in [0.1, 0.15) is 24.5 Å². The third-order valence-corrected chi connectivity index (χ3v) is 5.83. The van der Waals surface area contributed by atoms with Crippen molar-refractivity contribution in [1.29, 1.82) is 0 Å². The van der Waals surface area contributed by atoms with Crippen LogP contribution in [0.2, 0.25) is 0 Å². The van der Waals surface area contributed by atoms with Crippen LogP contribution in [0, 0.1) is 5.92 Å². The van der Waals surface area contributed by atoms with Gasteiger partial charge in [-0.25, -0.2) is 0 Å². The molecule has 9 heteroatoms. The molecular formula is C22H27N3O5S. The van der Waals surface area contributed by atoms with Gasteiger partial charge in [0.2, 0.25) is 0 Å². The highest BCUT2D eigenvalue weighted by Gasteiger charge is 2.46. The molecule has 0 heterocycles. The van der Waals surface area contributed by atoms with Gasteiger partial charge in [0.25, 0.3) is 10.1 Å². The molecule has 0 spiro atoms. The second-order valence-electron chi connectivity index (χ2n) is 7.77. The van der Waals surface area contributed by atoms with Gasteiger partial charge < -0.3 is 9.47 Å². The summed E-state index contributed by atoms with van der Waals surface area (Å²) in [6, 6.07) is 18.6. The fourth-order valence-electron chi connectivity index (χ4n) is 3.84. The molecule has 3 rings (SSSR count). The highest BCUT2D eigenvalue weighted by molar-refractivity contribution is 7.86. The van der Waals surface area contributed by atoms with Crippen LogP contribution >= 0.6 is 0 Å². The lowest BCUT2D eigenvalue weighted by Crippen LogP contribution is -2.55. The zero-order valence-corrected chi connectivity index (χ0v) is 18.4. The predicted octanol–water partition coefficient (Wildman–Crippen LogP) is 4.22. The normalized spacial score (nSPS) is 26.2. The third-order valence-electron chi connectivity index (χ3n) is 5.26.